The molecule has 0 saturated carbocycles. The van der Waals surface area contributed by atoms with E-state index in [0.717, 1.165) is 0 Å². The summed E-state index contributed by atoms with van der Waals surface area (Å²) in [5, 5.41) is 12.6. The zero-order valence-electron chi connectivity index (χ0n) is 7.92. The molecule has 0 spiro atoms. The first-order chi connectivity index (χ1) is 7.03. The van der Waals surface area contributed by atoms with Gasteiger partial charge in [-0.05, 0) is 6.42 Å². The van der Waals surface area contributed by atoms with Crippen molar-refractivity contribution >= 4 is 15.7 Å². The molecular weight excluding hydrogens is 216 g/mol. The molecule has 1 saturated heterocycles. The maximum atomic E-state index is 11.3. The van der Waals surface area contributed by atoms with Crippen LogP contribution in [0.3, 0.4) is 0 Å². The lowest BCUT2D eigenvalue weighted by Gasteiger charge is -2.09. The minimum Gasteiger partial charge on any atom is -0.383 e. The average molecular weight is 226 g/mol. The van der Waals surface area contributed by atoms with E-state index in [4.69, 9.17) is 11.0 Å². The number of nitrogens with two attached hydrogens (primary N) is 1. The Morgan fingerprint density at radius 1 is 1.67 bits per heavy atom. The summed E-state index contributed by atoms with van der Waals surface area (Å²) in [4.78, 5) is 0. The van der Waals surface area contributed by atoms with Crippen LogP contribution in [-0.4, -0.2) is 29.7 Å². The normalized spacial score (nSPS) is 23.8. The Kier molecular flexibility index (Phi) is 2.16. The van der Waals surface area contributed by atoms with Gasteiger partial charge in [0.05, 0.1) is 23.7 Å². The summed E-state index contributed by atoms with van der Waals surface area (Å²) in [6, 6.07) is 1.68. The smallest absolute Gasteiger partial charge is 0.152 e. The fourth-order valence-electron chi connectivity index (χ4n) is 1.72. The summed E-state index contributed by atoms with van der Waals surface area (Å²) < 4.78 is 23.9. The van der Waals surface area contributed by atoms with Crippen LogP contribution in [0.1, 0.15) is 18.0 Å². The molecule has 0 aliphatic carbocycles. The van der Waals surface area contributed by atoms with Gasteiger partial charge in [-0.25, -0.2) is 13.1 Å². The highest BCUT2D eigenvalue weighted by atomic mass is 32.2. The molecule has 2 N–H and O–H groups in total. The second-order valence-corrected chi connectivity index (χ2v) is 5.79. The molecule has 2 heterocycles. The van der Waals surface area contributed by atoms with Crippen LogP contribution in [0.25, 0.3) is 0 Å². The second kappa shape index (κ2) is 3.24. The minimum absolute atomic E-state index is 0.0593. The maximum absolute atomic E-state index is 11.3. The standard InChI is InChI=1S/C8H10N4O2S/c9-3-6-4-11-12(8(6)10)7-1-2-15(13,14)5-7/h4,7H,1-2,5,10H2. The topological polar surface area (TPSA) is 102 Å². The first-order valence-electron chi connectivity index (χ1n) is 4.47. The molecule has 6 nitrogen and oxygen atoms in total. The van der Waals surface area contributed by atoms with Gasteiger partial charge in [-0.1, -0.05) is 0 Å². The van der Waals surface area contributed by atoms with Crippen molar-refractivity contribution < 1.29 is 8.42 Å². The van der Waals surface area contributed by atoms with Gasteiger partial charge in [-0.15, -0.1) is 0 Å². The van der Waals surface area contributed by atoms with Crippen molar-refractivity contribution in [2.24, 2.45) is 0 Å². The van der Waals surface area contributed by atoms with Crippen LogP contribution in [0, 0.1) is 11.3 Å². The predicted octanol–water partition coefficient (Wildman–Crippen LogP) is -0.303. The molecule has 1 fully saturated rings. The summed E-state index contributed by atoms with van der Waals surface area (Å²) >= 11 is 0. The van der Waals surface area contributed by atoms with E-state index in [2.05, 4.69) is 5.10 Å². The molecule has 2 rings (SSSR count). The molecule has 1 aromatic heterocycles. The van der Waals surface area contributed by atoms with Gasteiger partial charge >= 0.3 is 0 Å². The SMILES string of the molecule is N#Cc1cnn(C2CCS(=O)(=O)C2)c1N. The van der Waals surface area contributed by atoms with Gasteiger partial charge in [0.2, 0.25) is 0 Å². The highest BCUT2D eigenvalue weighted by molar-refractivity contribution is 7.91. The van der Waals surface area contributed by atoms with Gasteiger partial charge in [-0.3, -0.25) is 0 Å². The Hall–Kier alpha value is -1.55. The highest BCUT2D eigenvalue weighted by Crippen LogP contribution is 2.26. The summed E-state index contributed by atoms with van der Waals surface area (Å²) in [6.45, 7) is 0. The number of aromatic nitrogens is 2. The van der Waals surface area contributed by atoms with Crippen molar-refractivity contribution in [3.63, 3.8) is 0 Å². The molecule has 15 heavy (non-hydrogen) atoms. The lowest BCUT2D eigenvalue weighted by Crippen LogP contribution is -2.14. The zero-order valence-corrected chi connectivity index (χ0v) is 8.74. The van der Waals surface area contributed by atoms with Gasteiger partial charge in [0, 0.05) is 0 Å². The van der Waals surface area contributed by atoms with Crippen LogP contribution in [0.5, 0.6) is 0 Å². The van der Waals surface area contributed by atoms with Crippen molar-refractivity contribution in [3.05, 3.63) is 11.8 Å². The van der Waals surface area contributed by atoms with Gasteiger partial charge < -0.3 is 5.73 Å². The Bertz CT molecular complexity index is 525. The Morgan fingerprint density at radius 2 is 2.40 bits per heavy atom. The number of nitriles is 1. The lowest BCUT2D eigenvalue weighted by molar-refractivity contribution is 0.507. The largest absolute Gasteiger partial charge is 0.383 e. The molecule has 1 aliphatic heterocycles. The van der Waals surface area contributed by atoms with Crippen LogP contribution in [0.2, 0.25) is 0 Å². The molecule has 0 bridgehead atoms. The first-order valence-corrected chi connectivity index (χ1v) is 6.29. The van der Waals surface area contributed by atoms with Gasteiger partial charge in [-0.2, -0.15) is 10.4 Å². The fourth-order valence-corrected chi connectivity index (χ4v) is 3.41. The van der Waals surface area contributed by atoms with Crippen LogP contribution < -0.4 is 5.73 Å². The van der Waals surface area contributed by atoms with E-state index >= 15 is 0 Å². The highest BCUT2D eigenvalue weighted by Gasteiger charge is 2.31. The molecule has 1 aromatic rings. The predicted molar refractivity (Wildman–Crippen MR) is 53.7 cm³/mol. The molecule has 1 atom stereocenters. The molecule has 1 unspecified atom stereocenters. The third-order valence-corrected chi connectivity index (χ3v) is 4.26. The van der Waals surface area contributed by atoms with E-state index in [1.54, 1.807) is 0 Å². The third-order valence-electron chi connectivity index (χ3n) is 2.51. The van der Waals surface area contributed by atoms with Crippen LogP contribution in [0.15, 0.2) is 6.20 Å². The molecule has 0 radical (unpaired) electrons. The number of sulfone groups is 1. The Balaban J connectivity index is 2.33. The van der Waals surface area contributed by atoms with Crippen LogP contribution in [0.4, 0.5) is 5.82 Å². The van der Waals surface area contributed by atoms with Crippen LogP contribution in [-0.2, 0) is 9.84 Å². The van der Waals surface area contributed by atoms with Gasteiger partial charge in [0.25, 0.3) is 0 Å². The molecule has 0 aromatic carbocycles. The average Bonchev–Trinajstić information content (AvgIpc) is 2.69. The zero-order chi connectivity index (χ0) is 11.1. The Labute approximate surface area is 87.2 Å². The van der Waals surface area contributed by atoms with Crippen molar-refractivity contribution in [3.8, 4) is 6.07 Å². The van der Waals surface area contributed by atoms with Crippen molar-refractivity contribution in [1.82, 2.24) is 9.78 Å². The summed E-state index contributed by atoms with van der Waals surface area (Å²) in [5.74, 6) is 0.474. The number of rotatable bonds is 1. The monoisotopic (exact) mass is 226 g/mol. The quantitative estimate of drug-likeness (QED) is 0.708. The van der Waals surface area contributed by atoms with E-state index in [1.165, 1.54) is 10.9 Å². The fraction of sp³-hybridized carbons (Fsp3) is 0.500. The third kappa shape index (κ3) is 1.68. The van der Waals surface area contributed by atoms with Gasteiger partial charge in [0.1, 0.15) is 17.5 Å². The van der Waals surface area contributed by atoms with E-state index in [1.807, 2.05) is 6.07 Å². The van der Waals surface area contributed by atoms with Gasteiger partial charge in [0.15, 0.2) is 9.84 Å². The second-order valence-electron chi connectivity index (χ2n) is 3.56. The number of hydrogen-bond donors (Lipinski definition) is 1. The molecule has 80 valence electrons. The molecule has 0 amide bonds. The van der Waals surface area contributed by atoms with Crippen molar-refractivity contribution in [2.75, 3.05) is 17.2 Å². The van der Waals surface area contributed by atoms with E-state index < -0.39 is 9.84 Å². The number of nitrogens with zero attached hydrogens (tertiary/aromatic N) is 3. The minimum atomic E-state index is -2.96. The molecule has 1 aliphatic rings. The first kappa shape index (κ1) is 9.98. The van der Waals surface area contributed by atoms with Crippen molar-refractivity contribution in [2.45, 2.75) is 12.5 Å². The number of anilines is 1. The number of hydrogen-bond acceptors (Lipinski definition) is 5. The number of nitrogen functional groups attached to an aromatic ring is 1. The lowest BCUT2D eigenvalue weighted by atomic mass is 10.2. The molecule has 7 heteroatoms. The molecular formula is C8H10N4O2S. The van der Waals surface area contributed by atoms with E-state index in [-0.39, 0.29) is 23.4 Å². The summed E-state index contributed by atoms with van der Waals surface area (Å²) in [7, 11) is -2.96. The van der Waals surface area contributed by atoms with Crippen molar-refractivity contribution in [1.29, 1.82) is 5.26 Å². The van der Waals surface area contributed by atoms with E-state index in [9.17, 15) is 8.42 Å². The Morgan fingerprint density at radius 3 is 2.87 bits per heavy atom. The van der Waals surface area contributed by atoms with E-state index in [0.29, 0.717) is 12.0 Å². The summed E-state index contributed by atoms with van der Waals surface area (Å²) in [6.07, 6.45) is 1.87. The summed E-state index contributed by atoms with van der Waals surface area (Å²) in [5.41, 5.74) is 5.96. The maximum Gasteiger partial charge on any atom is 0.152 e. The van der Waals surface area contributed by atoms with Crippen LogP contribution >= 0.6 is 0 Å².